The number of H-pyrrole nitrogens is 1. The van der Waals surface area contributed by atoms with E-state index in [0.29, 0.717) is 25.6 Å². The van der Waals surface area contributed by atoms with Gasteiger partial charge in [0, 0.05) is 31.4 Å². The normalized spacial score (nSPS) is 18.5. The van der Waals surface area contributed by atoms with E-state index in [2.05, 4.69) is 15.3 Å². The third kappa shape index (κ3) is 3.80. The number of aromatic nitrogens is 2. The van der Waals surface area contributed by atoms with Gasteiger partial charge in [0.15, 0.2) is 0 Å². The van der Waals surface area contributed by atoms with Crippen LogP contribution in [0, 0.1) is 6.92 Å². The molecular weight excluding hydrogens is 276 g/mol. The number of aromatic amines is 1. The molecule has 0 atom stereocenters. The van der Waals surface area contributed by atoms with Crippen molar-refractivity contribution < 1.29 is 8.42 Å². The Morgan fingerprint density at radius 1 is 1.45 bits per heavy atom. The zero-order valence-electron chi connectivity index (χ0n) is 12.2. The predicted octanol–water partition coefficient (Wildman–Crippen LogP) is 1.01. The average Bonchev–Trinajstić information content (AvgIpc) is 2.82. The Bertz CT molecular complexity index is 518. The number of nitrogens with one attached hydrogen (secondary N) is 2. The molecule has 2 rings (SSSR count). The van der Waals surface area contributed by atoms with Crippen LogP contribution in [0.1, 0.15) is 37.6 Å². The number of nitrogens with zero attached hydrogens (tertiary/aromatic N) is 2. The van der Waals surface area contributed by atoms with Crippen molar-refractivity contribution in [1.29, 1.82) is 0 Å². The fourth-order valence-electron chi connectivity index (χ4n) is 2.53. The Hall–Kier alpha value is -0.920. The smallest absolute Gasteiger partial charge is 0.214 e. The van der Waals surface area contributed by atoms with Crippen molar-refractivity contribution in [2.75, 3.05) is 18.8 Å². The van der Waals surface area contributed by atoms with Crippen LogP contribution in [0.25, 0.3) is 0 Å². The summed E-state index contributed by atoms with van der Waals surface area (Å²) >= 11 is 0. The first-order valence-corrected chi connectivity index (χ1v) is 8.84. The van der Waals surface area contributed by atoms with Gasteiger partial charge in [-0.2, -0.15) is 0 Å². The third-order valence-electron chi connectivity index (χ3n) is 3.80. The predicted molar refractivity (Wildman–Crippen MR) is 78.8 cm³/mol. The molecule has 1 aromatic rings. The molecule has 0 aromatic carbocycles. The highest BCUT2D eigenvalue weighted by Gasteiger charge is 2.27. The van der Waals surface area contributed by atoms with E-state index in [0.717, 1.165) is 30.8 Å². The molecule has 20 heavy (non-hydrogen) atoms. The molecule has 0 saturated carbocycles. The highest BCUT2D eigenvalue weighted by Crippen LogP contribution is 2.15. The summed E-state index contributed by atoms with van der Waals surface area (Å²) in [4.78, 5) is 7.31. The van der Waals surface area contributed by atoms with Crippen LogP contribution in [0.5, 0.6) is 0 Å². The van der Waals surface area contributed by atoms with Crippen LogP contribution >= 0.6 is 0 Å². The van der Waals surface area contributed by atoms with Gasteiger partial charge in [-0.3, -0.25) is 0 Å². The van der Waals surface area contributed by atoms with Crippen molar-refractivity contribution in [1.82, 2.24) is 19.6 Å². The van der Waals surface area contributed by atoms with Crippen molar-refractivity contribution in [2.24, 2.45) is 0 Å². The van der Waals surface area contributed by atoms with Gasteiger partial charge in [0.25, 0.3) is 0 Å². The lowest BCUT2D eigenvalue weighted by molar-refractivity contribution is 0.288. The molecule has 0 amide bonds. The monoisotopic (exact) mass is 300 g/mol. The van der Waals surface area contributed by atoms with Crippen LogP contribution in [0.2, 0.25) is 0 Å². The minimum Gasteiger partial charge on any atom is -0.348 e. The molecule has 1 aliphatic rings. The number of hydrogen-bond acceptors (Lipinski definition) is 4. The van der Waals surface area contributed by atoms with Crippen molar-refractivity contribution in [3.05, 3.63) is 17.7 Å². The van der Waals surface area contributed by atoms with Crippen LogP contribution in [0.3, 0.4) is 0 Å². The lowest BCUT2D eigenvalue weighted by Gasteiger charge is -2.31. The third-order valence-corrected chi connectivity index (χ3v) is 5.88. The minimum absolute atomic E-state index is 0.261. The van der Waals surface area contributed by atoms with Gasteiger partial charge in [-0.15, -0.1) is 0 Å². The first-order chi connectivity index (χ1) is 9.53. The summed E-state index contributed by atoms with van der Waals surface area (Å²) in [7, 11) is -3.03. The molecule has 7 heteroatoms. The Balaban J connectivity index is 1.79. The summed E-state index contributed by atoms with van der Waals surface area (Å²) in [6.07, 6.45) is 4.12. The zero-order chi connectivity index (χ0) is 14.6. The number of rotatable bonds is 6. The summed E-state index contributed by atoms with van der Waals surface area (Å²) in [6, 6.07) is 0.374. The van der Waals surface area contributed by atoms with Crippen molar-refractivity contribution in [2.45, 2.75) is 45.7 Å². The number of imidazole rings is 1. The molecule has 6 nitrogen and oxygen atoms in total. The second-order valence-corrected chi connectivity index (χ2v) is 7.43. The molecule has 1 fully saturated rings. The van der Waals surface area contributed by atoms with E-state index in [9.17, 15) is 8.42 Å². The lowest BCUT2D eigenvalue weighted by Crippen LogP contribution is -2.45. The first-order valence-electron chi connectivity index (χ1n) is 7.23. The summed E-state index contributed by atoms with van der Waals surface area (Å²) in [5.41, 5.74) is 2.12. The second kappa shape index (κ2) is 6.69. The summed E-state index contributed by atoms with van der Waals surface area (Å²) in [5, 5.41) is 3.46. The number of piperidine rings is 1. The maximum atomic E-state index is 12.0. The molecule has 2 heterocycles. The summed E-state index contributed by atoms with van der Waals surface area (Å²) in [5.74, 6) is 0.261. The van der Waals surface area contributed by atoms with Gasteiger partial charge in [0.2, 0.25) is 10.0 Å². The molecule has 0 bridgehead atoms. The number of hydrogen-bond donors (Lipinski definition) is 2. The molecule has 0 radical (unpaired) electrons. The van der Waals surface area contributed by atoms with E-state index in [4.69, 9.17) is 0 Å². The van der Waals surface area contributed by atoms with Crippen LogP contribution in [-0.2, 0) is 16.6 Å². The summed E-state index contributed by atoms with van der Waals surface area (Å²) in [6.45, 7) is 5.89. The largest absolute Gasteiger partial charge is 0.348 e. The van der Waals surface area contributed by atoms with E-state index >= 15 is 0 Å². The number of sulfonamides is 1. The first kappa shape index (κ1) is 15.5. The molecule has 114 valence electrons. The van der Waals surface area contributed by atoms with Gasteiger partial charge in [0.05, 0.1) is 17.8 Å². The molecule has 2 N–H and O–H groups in total. The van der Waals surface area contributed by atoms with Crippen molar-refractivity contribution in [3.63, 3.8) is 0 Å². The van der Waals surface area contributed by atoms with Gasteiger partial charge >= 0.3 is 0 Å². The quantitative estimate of drug-likeness (QED) is 0.822. The van der Waals surface area contributed by atoms with Crippen LogP contribution in [-0.4, -0.2) is 47.6 Å². The van der Waals surface area contributed by atoms with E-state index in [1.807, 2.05) is 13.8 Å². The minimum atomic E-state index is -3.03. The molecular formula is C13H24N4O2S. The highest BCUT2D eigenvalue weighted by atomic mass is 32.2. The van der Waals surface area contributed by atoms with Gasteiger partial charge in [-0.1, -0.05) is 6.92 Å². The van der Waals surface area contributed by atoms with Gasteiger partial charge in [-0.05, 0) is 26.2 Å². The van der Waals surface area contributed by atoms with E-state index in [1.165, 1.54) is 0 Å². The maximum Gasteiger partial charge on any atom is 0.214 e. The molecule has 0 spiro atoms. The Morgan fingerprint density at radius 3 is 2.70 bits per heavy atom. The molecule has 1 saturated heterocycles. The summed E-state index contributed by atoms with van der Waals surface area (Å²) < 4.78 is 25.6. The van der Waals surface area contributed by atoms with Crippen LogP contribution in [0.15, 0.2) is 6.33 Å². The van der Waals surface area contributed by atoms with E-state index < -0.39 is 10.0 Å². The molecule has 1 aromatic heterocycles. The average molecular weight is 300 g/mol. The van der Waals surface area contributed by atoms with Gasteiger partial charge in [-0.25, -0.2) is 17.7 Å². The van der Waals surface area contributed by atoms with Crippen molar-refractivity contribution in [3.8, 4) is 0 Å². The fraction of sp³-hybridized carbons (Fsp3) is 0.769. The van der Waals surface area contributed by atoms with Crippen LogP contribution in [0.4, 0.5) is 0 Å². The lowest BCUT2D eigenvalue weighted by atomic mass is 10.1. The van der Waals surface area contributed by atoms with Crippen molar-refractivity contribution >= 4 is 10.0 Å². The van der Waals surface area contributed by atoms with E-state index in [1.54, 1.807) is 10.6 Å². The molecule has 0 unspecified atom stereocenters. The van der Waals surface area contributed by atoms with Gasteiger partial charge < -0.3 is 10.3 Å². The van der Waals surface area contributed by atoms with Gasteiger partial charge in [0.1, 0.15) is 0 Å². The second-order valence-electron chi connectivity index (χ2n) is 5.34. The maximum absolute atomic E-state index is 12.0. The Morgan fingerprint density at radius 2 is 2.15 bits per heavy atom. The topological polar surface area (TPSA) is 78.1 Å². The van der Waals surface area contributed by atoms with E-state index in [-0.39, 0.29) is 5.75 Å². The number of aryl methyl sites for hydroxylation is 1. The highest BCUT2D eigenvalue weighted by molar-refractivity contribution is 7.89. The molecule has 1 aliphatic heterocycles. The van der Waals surface area contributed by atoms with Crippen LogP contribution < -0.4 is 5.32 Å². The zero-order valence-corrected chi connectivity index (χ0v) is 13.0. The molecule has 0 aliphatic carbocycles. The fourth-order valence-corrected chi connectivity index (χ4v) is 4.07. The SMILES string of the molecule is CCCS(=O)(=O)N1CCC(NCc2nc[nH]c2C)CC1. The Kier molecular flexibility index (Phi) is 5.17. The Labute approximate surface area is 121 Å². The standard InChI is InChI=1S/C13H24N4O2S/c1-3-8-20(18,19)17-6-4-12(5-7-17)14-9-13-11(2)15-10-16-13/h10,12,14H,3-9H2,1-2H3,(H,15,16).